The number of hydrogen-bond acceptors (Lipinski definition) is 7. The molecule has 0 saturated carbocycles. The SMILES string of the molecule is CNc1nnc(-c2cccc(OC)n2)n1-c1c(OC)cccc1OC. The van der Waals surface area contributed by atoms with Crippen LogP contribution in [0.1, 0.15) is 0 Å². The van der Waals surface area contributed by atoms with Gasteiger partial charge >= 0.3 is 0 Å². The summed E-state index contributed by atoms with van der Waals surface area (Å²) in [6, 6.07) is 11.0. The monoisotopic (exact) mass is 341 g/mol. The summed E-state index contributed by atoms with van der Waals surface area (Å²) in [7, 11) is 6.54. The Morgan fingerprint density at radius 2 is 1.56 bits per heavy atom. The summed E-state index contributed by atoms with van der Waals surface area (Å²) in [5.74, 6) is 2.80. The number of methoxy groups -OCH3 is 3. The topological polar surface area (TPSA) is 83.3 Å². The van der Waals surface area contributed by atoms with E-state index in [0.717, 1.165) is 0 Å². The number of pyridine rings is 1. The summed E-state index contributed by atoms with van der Waals surface area (Å²) < 4.78 is 18.1. The molecule has 0 amide bonds. The van der Waals surface area contributed by atoms with Crippen molar-refractivity contribution in [3.63, 3.8) is 0 Å². The Morgan fingerprint density at radius 1 is 0.880 bits per heavy atom. The molecule has 8 nitrogen and oxygen atoms in total. The van der Waals surface area contributed by atoms with Crippen LogP contribution in [0.2, 0.25) is 0 Å². The Labute approximate surface area is 145 Å². The minimum Gasteiger partial charge on any atom is -0.494 e. The van der Waals surface area contributed by atoms with Crippen LogP contribution in [0.3, 0.4) is 0 Å². The van der Waals surface area contributed by atoms with Gasteiger partial charge in [-0.3, -0.25) is 4.57 Å². The van der Waals surface area contributed by atoms with Crippen molar-refractivity contribution in [3.8, 4) is 34.6 Å². The number of nitrogens with one attached hydrogen (secondary N) is 1. The molecule has 0 atom stereocenters. The van der Waals surface area contributed by atoms with Crippen molar-refractivity contribution in [3.05, 3.63) is 36.4 Å². The van der Waals surface area contributed by atoms with Crippen LogP contribution >= 0.6 is 0 Å². The summed E-state index contributed by atoms with van der Waals surface area (Å²) in [5, 5.41) is 11.5. The van der Waals surface area contributed by atoms with Gasteiger partial charge in [0.15, 0.2) is 5.82 Å². The number of benzene rings is 1. The smallest absolute Gasteiger partial charge is 0.229 e. The van der Waals surface area contributed by atoms with Crippen LogP contribution in [0, 0.1) is 0 Å². The Hall–Kier alpha value is -3.29. The van der Waals surface area contributed by atoms with E-state index >= 15 is 0 Å². The first-order chi connectivity index (χ1) is 12.2. The molecular weight excluding hydrogens is 322 g/mol. The quantitative estimate of drug-likeness (QED) is 0.737. The molecule has 2 heterocycles. The summed E-state index contributed by atoms with van der Waals surface area (Å²) >= 11 is 0. The van der Waals surface area contributed by atoms with Gasteiger partial charge in [0.1, 0.15) is 22.9 Å². The number of hydrogen-bond donors (Lipinski definition) is 1. The maximum atomic E-state index is 5.52. The predicted octanol–water partition coefficient (Wildman–Crippen LogP) is 2.40. The number of rotatable bonds is 6. The van der Waals surface area contributed by atoms with E-state index in [4.69, 9.17) is 14.2 Å². The highest BCUT2D eigenvalue weighted by Gasteiger charge is 2.22. The number of nitrogens with zero attached hydrogens (tertiary/aromatic N) is 4. The van der Waals surface area contributed by atoms with Gasteiger partial charge < -0.3 is 19.5 Å². The fourth-order valence-corrected chi connectivity index (χ4v) is 2.53. The molecule has 0 aliphatic rings. The first-order valence-electron chi connectivity index (χ1n) is 7.59. The van der Waals surface area contributed by atoms with Crippen LogP contribution in [-0.2, 0) is 0 Å². The van der Waals surface area contributed by atoms with E-state index in [2.05, 4.69) is 20.5 Å². The first kappa shape index (κ1) is 16.6. The minimum absolute atomic E-state index is 0.491. The zero-order chi connectivity index (χ0) is 17.8. The maximum Gasteiger partial charge on any atom is 0.229 e. The molecule has 2 aromatic heterocycles. The Morgan fingerprint density at radius 3 is 2.16 bits per heavy atom. The highest BCUT2D eigenvalue weighted by atomic mass is 16.5. The highest BCUT2D eigenvalue weighted by Crippen LogP contribution is 2.37. The standard InChI is InChI=1S/C17H19N5O3/c1-18-17-21-20-16(11-7-5-10-14(19-11)25-4)22(17)15-12(23-2)8-6-9-13(15)24-3/h5-10H,1-4H3,(H,18,21). The van der Waals surface area contributed by atoms with E-state index in [9.17, 15) is 0 Å². The molecule has 3 aromatic rings. The van der Waals surface area contributed by atoms with Crippen LogP contribution in [0.25, 0.3) is 17.2 Å². The first-order valence-corrected chi connectivity index (χ1v) is 7.59. The molecular formula is C17H19N5O3. The molecule has 0 aliphatic carbocycles. The molecule has 0 aliphatic heterocycles. The van der Waals surface area contributed by atoms with Crippen LogP contribution < -0.4 is 19.5 Å². The zero-order valence-electron chi connectivity index (χ0n) is 14.5. The van der Waals surface area contributed by atoms with Gasteiger partial charge in [0.25, 0.3) is 0 Å². The molecule has 0 unspecified atom stereocenters. The zero-order valence-corrected chi connectivity index (χ0v) is 14.5. The lowest BCUT2D eigenvalue weighted by Crippen LogP contribution is -2.07. The fourth-order valence-electron chi connectivity index (χ4n) is 2.53. The van der Waals surface area contributed by atoms with Crippen molar-refractivity contribution in [1.29, 1.82) is 0 Å². The Bertz CT molecular complexity index is 856. The normalized spacial score (nSPS) is 10.4. The van der Waals surface area contributed by atoms with E-state index < -0.39 is 0 Å². The van der Waals surface area contributed by atoms with E-state index in [1.165, 1.54) is 0 Å². The molecule has 25 heavy (non-hydrogen) atoms. The second-order valence-electron chi connectivity index (χ2n) is 5.01. The number of aromatic nitrogens is 4. The molecule has 0 bridgehead atoms. The average molecular weight is 341 g/mol. The molecule has 0 saturated heterocycles. The molecule has 0 radical (unpaired) electrons. The van der Waals surface area contributed by atoms with E-state index in [1.807, 2.05) is 30.3 Å². The van der Waals surface area contributed by atoms with Crippen molar-refractivity contribution in [2.24, 2.45) is 0 Å². The predicted molar refractivity (Wildman–Crippen MR) is 93.8 cm³/mol. The lowest BCUT2D eigenvalue weighted by molar-refractivity contribution is 0.391. The van der Waals surface area contributed by atoms with Crippen LogP contribution in [0.4, 0.5) is 5.95 Å². The minimum atomic E-state index is 0.491. The third-order valence-corrected chi connectivity index (χ3v) is 3.67. The second kappa shape index (κ2) is 7.08. The summed E-state index contributed by atoms with van der Waals surface area (Å²) in [5.41, 5.74) is 1.29. The van der Waals surface area contributed by atoms with Crippen molar-refractivity contribution in [2.45, 2.75) is 0 Å². The molecule has 130 valence electrons. The largest absolute Gasteiger partial charge is 0.494 e. The van der Waals surface area contributed by atoms with Gasteiger partial charge in [0.2, 0.25) is 11.8 Å². The van der Waals surface area contributed by atoms with Gasteiger partial charge in [-0.15, -0.1) is 10.2 Å². The lowest BCUT2D eigenvalue weighted by atomic mass is 10.2. The molecule has 0 spiro atoms. The molecule has 0 fully saturated rings. The Kier molecular flexibility index (Phi) is 4.69. The third-order valence-electron chi connectivity index (χ3n) is 3.67. The van der Waals surface area contributed by atoms with Gasteiger partial charge in [0, 0.05) is 13.1 Å². The van der Waals surface area contributed by atoms with Crippen molar-refractivity contribution < 1.29 is 14.2 Å². The van der Waals surface area contributed by atoms with E-state index in [-0.39, 0.29) is 0 Å². The maximum absolute atomic E-state index is 5.52. The average Bonchev–Trinajstić information content (AvgIpc) is 3.10. The van der Waals surface area contributed by atoms with Crippen LogP contribution in [-0.4, -0.2) is 48.1 Å². The third kappa shape index (κ3) is 2.93. The summed E-state index contributed by atoms with van der Waals surface area (Å²) in [6.07, 6.45) is 0. The highest BCUT2D eigenvalue weighted by molar-refractivity contribution is 5.66. The number of para-hydroxylation sites is 1. The van der Waals surface area contributed by atoms with Crippen LogP contribution in [0.5, 0.6) is 17.4 Å². The number of anilines is 1. The summed E-state index contributed by atoms with van der Waals surface area (Å²) in [6.45, 7) is 0. The Balaban J connectivity index is 2.29. The van der Waals surface area contributed by atoms with Gasteiger partial charge in [-0.2, -0.15) is 0 Å². The van der Waals surface area contributed by atoms with Crippen molar-refractivity contribution in [1.82, 2.24) is 19.7 Å². The number of ether oxygens (including phenoxy) is 3. The molecule has 8 heteroatoms. The van der Waals surface area contributed by atoms with Crippen molar-refractivity contribution in [2.75, 3.05) is 33.7 Å². The lowest BCUT2D eigenvalue weighted by Gasteiger charge is -2.16. The molecule has 1 N–H and O–H groups in total. The van der Waals surface area contributed by atoms with Gasteiger partial charge in [-0.1, -0.05) is 12.1 Å². The second-order valence-corrected chi connectivity index (χ2v) is 5.01. The van der Waals surface area contributed by atoms with Crippen LogP contribution in [0.15, 0.2) is 36.4 Å². The van der Waals surface area contributed by atoms with E-state index in [1.54, 1.807) is 39.0 Å². The molecule has 1 aromatic carbocycles. The van der Waals surface area contributed by atoms with Gasteiger partial charge in [-0.05, 0) is 18.2 Å². The van der Waals surface area contributed by atoms with E-state index in [0.29, 0.717) is 40.5 Å². The summed E-state index contributed by atoms with van der Waals surface area (Å²) in [4.78, 5) is 4.45. The molecule has 3 rings (SSSR count). The van der Waals surface area contributed by atoms with Gasteiger partial charge in [-0.25, -0.2) is 4.98 Å². The van der Waals surface area contributed by atoms with Crippen molar-refractivity contribution >= 4 is 5.95 Å². The fraction of sp³-hybridized carbons (Fsp3) is 0.235. The van der Waals surface area contributed by atoms with Gasteiger partial charge in [0.05, 0.1) is 21.3 Å².